The van der Waals surface area contributed by atoms with Crippen molar-refractivity contribution in [3.05, 3.63) is 270 Å². The van der Waals surface area contributed by atoms with E-state index in [0.29, 0.717) is 12.8 Å². The van der Waals surface area contributed by atoms with E-state index in [0.717, 1.165) is 63.4 Å². The fourth-order valence-electron chi connectivity index (χ4n) is 10.8. The molecule has 5 aliphatic rings. The van der Waals surface area contributed by atoms with Crippen molar-refractivity contribution in [2.24, 2.45) is 0 Å². The molecular weight excluding hydrogens is 827 g/mol. The molecule has 6 aromatic carbocycles. The Kier molecular flexibility index (Phi) is 10.4. The highest BCUT2D eigenvalue weighted by molar-refractivity contribution is 6.10. The highest BCUT2D eigenvalue weighted by Crippen LogP contribution is 2.49. The minimum atomic E-state index is -0.271. The van der Waals surface area contributed by atoms with Gasteiger partial charge in [0.25, 0.3) is 0 Å². The summed E-state index contributed by atoms with van der Waals surface area (Å²) in [6.07, 6.45) is 29.1. The van der Waals surface area contributed by atoms with Gasteiger partial charge in [-0.25, -0.2) is 8.78 Å². The Morgan fingerprint density at radius 3 is 2.12 bits per heavy atom. The summed E-state index contributed by atoms with van der Waals surface area (Å²) in [5, 5.41) is 2.32. The number of rotatable bonds is 9. The first-order valence-corrected chi connectivity index (χ1v) is 23.3. The van der Waals surface area contributed by atoms with Crippen LogP contribution in [0, 0.1) is 5.82 Å². The second-order valence-corrected chi connectivity index (χ2v) is 17.8. The van der Waals surface area contributed by atoms with Gasteiger partial charge in [-0.05, 0) is 145 Å². The molecule has 1 aliphatic heterocycles. The lowest BCUT2D eigenvalue weighted by molar-refractivity contribution is 0.349. The molecule has 4 nitrogen and oxygen atoms in total. The molecule has 326 valence electrons. The van der Waals surface area contributed by atoms with Crippen molar-refractivity contribution in [2.75, 3.05) is 9.80 Å². The number of fused-ring (bicyclic) bond motifs is 6. The van der Waals surface area contributed by atoms with E-state index in [1.165, 1.54) is 45.6 Å². The number of hydrogen-bond acceptors (Lipinski definition) is 3. The number of anilines is 4. The van der Waals surface area contributed by atoms with Crippen molar-refractivity contribution < 1.29 is 8.78 Å². The minimum Gasteiger partial charge on any atom is -0.338 e. The van der Waals surface area contributed by atoms with Crippen LogP contribution in [-0.2, 0) is 0 Å². The van der Waals surface area contributed by atoms with Gasteiger partial charge in [-0.15, -0.1) is 0 Å². The summed E-state index contributed by atoms with van der Waals surface area (Å²) in [5.41, 5.74) is 14.6. The molecular formula is C61H48F2N4. The zero-order valence-corrected chi connectivity index (χ0v) is 37.0. The van der Waals surface area contributed by atoms with Crippen LogP contribution in [0.5, 0.6) is 0 Å². The Balaban J connectivity index is 0.863. The molecule has 12 rings (SSSR count). The molecule has 0 radical (unpaired) electrons. The summed E-state index contributed by atoms with van der Waals surface area (Å²) in [5.74, 6) is -0.173. The standard InChI is InChI=1S/C61H48F2N4/c62-44-25-32-50(33-26-44)64(52-36-38-60-56(40-52)54-18-7-9-20-58(54)66(60)46-13-3-1-4-14-46)48-17-11-12-42(22-29-48)43-23-30-49(31-24-43)65(51-34-27-45(63)28-35-51)53-37-39-61-57(41-53)55-19-8-10-21-59(55)67(61)47-15-5-2-6-16-47/h1-11,13-27,29-30,32-34,36-41,49,57,61H,12,28,31,35H2. The molecule has 6 heteroatoms. The second-order valence-electron chi connectivity index (χ2n) is 17.8. The first-order chi connectivity index (χ1) is 33.1. The van der Waals surface area contributed by atoms with E-state index in [-0.39, 0.29) is 29.6 Å². The van der Waals surface area contributed by atoms with Crippen molar-refractivity contribution in [3.8, 4) is 5.69 Å². The Bertz CT molecular complexity index is 3340. The number of para-hydroxylation sites is 4. The number of halogens is 2. The van der Waals surface area contributed by atoms with Crippen LogP contribution in [0.4, 0.5) is 31.5 Å². The minimum absolute atomic E-state index is 0.0589. The SMILES string of the molecule is FC1=CC=C(N(C2=CC3c4ccccc4N(c4ccccc4)C3C=C2)C2C=CC(C3=CC=C(N(c4ccc(F)cc4)c4ccc5c(c4)c4ccccc4n5-c4ccccc4)C=CC3)=CC2)CC1. The van der Waals surface area contributed by atoms with Crippen LogP contribution in [0.2, 0.25) is 0 Å². The highest BCUT2D eigenvalue weighted by atomic mass is 19.1. The average molecular weight is 875 g/mol. The normalized spacial score (nSPS) is 19.7. The largest absolute Gasteiger partial charge is 0.338 e. The van der Waals surface area contributed by atoms with Crippen molar-refractivity contribution in [3.63, 3.8) is 0 Å². The van der Waals surface area contributed by atoms with Gasteiger partial charge < -0.3 is 19.3 Å². The van der Waals surface area contributed by atoms with Crippen LogP contribution < -0.4 is 9.80 Å². The number of aromatic nitrogens is 1. The molecule has 0 saturated heterocycles. The molecule has 3 unspecified atom stereocenters. The van der Waals surface area contributed by atoms with Crippen LogP contribution in [0.3, 0.4) is 0 Å². The fraction of sp³-hybridized carbons (Fsp3) is 0.115. The van der Waals surface area contributed by atoms with E-state index in [1.54, 1.807) is 6.08 Å². The zero-order valence-electron chi connectivity index (χ0n) is 37.0. The van der Waals surface area contributed by atoms with Gasteiger partial charge in [0.05, 0.1) is 23.1 Å². The smallest absolute Gasteiger partial charge is 0.123 e. The van der Waals surface area contributed by atoms with Crippen molar-refractivity contribution >= 4 is 44.6 Å². The van der Waals surface area contributed by atoms with Crippen molar-refractivity contribution in [1.82, 2.24) is 9.47 Å². The van der Waals surface area contributed by atoms with E-state index < -0.39 is 0 Å². The van der Waals surface area contributed by atoms with Gasteiger partial charge in [-0.2, -0.15) is 0 Å². The van der Waals surface area contributed by atoms with Gasteiger partial charge in [0.15, 0.2) is 0 Å². The lowest BCUT2D eigenvalue weighted by Crippen LogP contribution is -2.36. The summed E-state index contributed by atoms with van der Waals surface area (Å²) in [6.45, 7) is 0. The van der Waals surface area contributed by atoms with Gasteiger partial charge >= 0.3 is 0 Å². The number of allylic oxidation sites excluding steroid dienone is 12. The van der Waals surface area contributed by atoms with Gasteiger partial charge in [0.1, 0.15) is 11.6 Å². The summed E-state index contributed by atoms with van der Waals surface area (Å²) < 4.78 is 31.3. The fourth-order valence-corrected chi connectivity index (χ4v) is 10.8. The Labute approximate surface area is 390 Å². The molecule has 67 heavy (non-hydrogen) atoms. The molecule has 3 atom stereocenters. The van der Waals surface area contributed by atoms with Gasteiger partial charge in [0, 0.05) is 68.6 Å². The van der Waals surface area contributed by atoms with Crippen LogP contribution in [0.1, 0.15) is 37.2 Å². The van der Waals surface area contributed by atoms with Gasteiger partial charge in [-0.3, -0.25) is 0 Å². The van der Waals surface area contributed by atoms with Crippen LogP contribution in [0.15, 0.2) is 259 Å². The first kappa shape index (κ1) is 40.5. The Morgan fingerprint density at radius 2 is 1.33 bits per heavy atom. The molecule has 0 amide bonds. The second kappa shape index (κ2) is 17.1. The van der Waals surface area contributed by atoms with E-state index in [2.05, 4.69) is 201 Å². The maximum atomic E-state index is 14.5. The van der Waals surface area contributed by atoms with Crippen LogP contribution in [-0.4, -0.2) is 21.6 Å². The third kappa shape index (κ3) is 7.39. The van der Waals surface area contributed by atoms with Gasteiger partial charge in [-0.1, -0.05) is 115 Å². The van der Waals surface area contributed by atoms with Crippen LogP contribution in [0.25, 0.3) is 27.5 Å². The highest BCUT2D eigenvalue weighted by Gasteiger charge is 2.39. The number of nitrogens with zero attached hydrogens (tertiary/aromatic N) is 4. The Morgan fingerprint density at radius 1 is 0.582 bits per heavy atom. The maximum Gasteiger partial charge on any atom is 0.123 e. The third-order valence-corrected chi connectivity index (χ3v) is 13.9. The quantitative estimate of drug-likeness (QED) is 0.144. The summed E-state index contributed by atoms with van der Waals surface area (Å²) in [7, 11) is 0. The summed E-state index contributed by atoms with van der Waals surface area (Å²) >= 11 is 0. The van der Waals surface area contributed by atoms with Crippen molar-refractivity contribution in [2.45, 2.75) is 43.7 Å². The van der Waals surface area contributed by atoms with E-state index in [9.17, 15) is 8.78 Å². The van der Waals surface area contributed by atoms with Gasteiger partial charge in [0.2, 0.25) is 0 Å². The predicted octanol–water partition coefficient (Wildman–Crippen LogP) is 15.7. The molecule has 0 spiro atoms. The molecule has 2 heterocycles. The predicted molar refractivity (Wildman–Crippen MR) is 272 cm³/mol. The average Bonchev–Trinajstić information content (AvgIpc) is 3.77. The third-order valence-electron chi connectivity index (χ3n) is 13.9. The number of benzene rings is 6. The molecule has 0 fully saturated rings. The van der Waals surface area contributed by atoms with E-state index in [1.807, 2.05) is 24.3 Å². The molecule has 0 bridgehead atoms. The van der Waals surface area contributed by atoms with Crippen molar-refractivity contribution in [1.29, 1.82) is 0 Å². The maximum absolute atomic E-state index is 14.5. The summed E-state index contributed by atoms with van der Waals surface area (Å²) in [4.78, 5) is 7.12. The number of hydrogen-bond donors (Lipinski definition) is 0. The van der Waals surface area contributed by atoms with E-state index in [4.69, 9.17) is 0 Å². The topological polar surface area (TPSA) is 14.7 Å². The molecule has 1 aromatic heterocycles. The van der Waals surface area contributed by atoms with Crippen LogP contribution >= 0.6 is 0 Å². The first-order valence-electron chi connectivity index (χ1n) is 23.3. The molecule has 4 aliphatic carbocycles. The monoisotopic (exact) mass is 874 g/mol. The molecule has 7 aromatic rings. The molecule has 0 N–H and O–H groups in total. The molecule has 0 saturated carbocycles. The summed E-state index contributed by atoms with van der Waals surface area (Å²) in [6, 6.07) is 52.1. The van der Waals surface area contributed by atoms with E-state index >= 15 is 0 Å². The Hall–Kier alpha value is -7.96. The zero-order chi connectivity index (χ0) is 44.8. The lowest BCUT2D eigenvalue weighted by Gasteiger charge is -2.39. The lowest BCUT2D eigenvalue weighted by atomic mass is 9.88.